The lowest BCUT2D eigenvalue weighted by Crippen LogP contribution is -2.31. The van der Waals surface area contributed by atoms with Crippen LogP contribution in [0.5, 0.6) is 0 Å². The van der Waals surface area contributed by atoms with Gasteiger partial charge >= 0.3 is 6.03 Å². The third-order valence-electron chi connectivity index (χ3n) is 3.18. The van der Waals surface area contributed by atoms with Crippen LogP contribution in [0, 0.1) is 0 Å². The van der Waals surface area contributed by atoms with E-state index in [0.717, 1.165) is 5.56 Å². The van der Waals surface area contributed by atoms with Gasteiger partial charge in [-0.3, -0.25) is 0 Å². The molecule has 1 atom stereocenters. The number of hydrogen-bond acceptors (Lipinski definition) is 4. The molecular weight excluding hydrogens is 268 g/mol. The number of nitrogens with one attached hydrogen (secondary N) is 2. The van der Waals surface area contributed by atoms with Gasteiger partial charge in [-0.1, -0.05) is 36.4 Å². The van der Waals surface area contributed by atoms with Crippen LogP contribution in [0.25, 0.3) is 11.0 Å². The lowest BCUT2D eigenvalue weighted by Gasteiger charge is -2.15. The summed E-state index contributed by atoms with van der Waals surface area (Å²) in [5.41, 5.74) is 2.73. The van der Waals surface area contributed by atoms with Crippen molar-refractivity contribution in [3.63, 3.8) is 0 Å². The van der Waals surface area contributed by atoms with Crippen LogP contribution in [0.4, 0.5) is 10.5 Å². The van der Waals surface area contributed by atoms with Crippen molar-refractivity contribution >= 4 is 22.8 Å². The topological polar surface area (TPSA) is 80.0 Å². The van der Waals surface area contributed by atoms with E-state index >= 15 is 0 Å². The van der Waals surface area contributed by atoms with Gasteiger partial charge in [0.1, 0.15) is 5.52 Å². The number of fused-ring (bicyclic) bond motifs is 1. The summed E-state index contributed by atoms with van der Waals surface area (Å²) in [5.74, 6) is 0. The molecule has 21 heavy (non-hydrogen) atoms. The van der Waals surface area contributed by atoms with Gasteiger partial charge in [-0.05, 0) is 34.9 Å². The molecule has 2 amide bonds. The molecule has 0 aliphatic heterocycles. The van der Waals surface area contributed by atoms with Gasteiger partial charge in [-0.25, -0.2) is 9.42 Å². The molecule has 2 N–H and O–H groups in total. The lowest BCUT2D eigenvalue weighted by atomic mass is 10.1. The summed E-state index contributed by atoms with van der Waals surface area (Å²) in [6.45, 7) is 1.92. The second-order valence-corrected chi connectivity index (χ2v) is 4.67. The number of amides is 2. The van der Waals surface area contributed by atoms with E-state index in [0.29, 0.717) is 16.7 Å². The molecule has 2 aromatic carbocycles. The molecule has 0 saturated carbocycles. The van der Waals surface area contributed by atoms with Crippen LogP contribution >= 0.6 is 0 Å². The summed E-state index contributed by atoms with van der Waals surface area (Å²) in [6.07, 6.45) is 0. The number of nitrogens with zero attached hydrogens (tertiary/aromatic N) is 2. The quantitative estimate of drug-likeness (QED) is 0.773. The van der Waals surface area contributed by atoms with Crippen LogP contribution < -0.4 is 10.6 Å². The van der Waals surface area contributed by atoms with E-state index in [4.69, 9.17) is 0 Å². The zero-order valence-corrected chi connectivity index (χ0v) is 11.4. The Balaban J connectivity index is 1.71. The van der Waals surface area contributed by atoms with E-state index in [1.807, 2.05) is 37.3 Å². The van der Waals surface area contributed by atoms with Crippen molar-refractivity contribution in [2.24, 2.45) is 0 Å². The Morgan fingerprint density at radius 3 is 2.71 bits per heavy atom. The summed E-state index contributed by atoms with van der Waals surface area (Å²) in [5, 5.41) is 13.1. The van der Waals surface area contributed by atoms with E-state index in [9.17, 15) is 4.79 Å². The molecule has 0 spiro atoms. The van der Waals surface area contributed by atoms with E-state index in [-0.39, 0.29) is 12.1 Å². The number of hydrogen-bond donors (Lipinski definition) is 2. The molecule has 6 nitrogen and oxygen atoms in total. The first-order chi connectivity index (χ1) is 10.2. The number of aromatic nitrogens is 2. The average molecular weight is 282 g/mol. The zero-order chi connectivity index (χ0) is 14.7. The van der Waals surface area contributed by atoms with Crippen LogP contribution in [0.15, 0.2) is 53.2 Å². The fourth-order valence-corrected chi connectivity index (χ4v) is 2.09. The molecule has 0 bridgehead atoms. The summed E-state index contributed by atoms with van der Waals surface area (Å²) in [6, 6.07) is 14.6. The van der Waals surface area contributed by atoms with E-state index < -0.39 is 0 Å². The molecule has 6 heteroatoms. The molecule has 1 aromatic heterocycles. The number of urea groups is 1. The highest BCUT2D eigenvalue weighted by Crippen LogP contribution is 2.19. The van der Waals surface area contributed by atoms with Gasteiger partial charge in [-0.15, -0.1) is 0 Å². The number of rotatable bonds is 3. The normalized spacial score (nSPS) is 12.0. The van der Waals surface area contributed by atoms with Gasteiger partial charge in [0.2, 0.25) is 0 Å². The van der Waals surface area contributed by atoms with Crippen molar-refractivity contribution in [3.8, 4) is 0 Å². The maximum absolute atomic E-state index is 12.1. The highest BCUT2D eigenvalue weighted by molar-refractivity contribution is 5.98. The molecule has 0 radical (unpaired) electrons. The number of carbonyl (C=O) groups is 1. The molecule has 0 aliphatic carbocycles. The third-order valence-corrected chi connectivity index (χ3v) is 3.18. The van der Waals surface area contributed by atoms with Gasteiger partial charge in [-0.2, -0.15) is 0 Å². The third kappa shape index (κ3) is 2.84. The van der Waals surface area contributed by atoms with Crippen LogP contribution in [0.3, 0.4) is 0 Å². The Hall–Kier alpha value is -2.89. The lowest BCUT2D eigenvalue weighted by molar-refractivity contribution is 0.249. The predicted molar refractivity (Wildman–Crippen MR) is 78.8 cm³/mol. The minimum atomic E-state index is -0.304. The molecule has 0 saturated heterocycles. The molecular formula is C15H14N4O2. The largest absolute Gasteiger partial charge is 0.331 e. The van der Waals surface area contributed by atoms with Crippen molar-refractivity contribution in [1.29, 1.82) is 0 Å². The maximum Gasteiger partial charge on any atom is 0.319 e. The highest BCUT2D eigenvalue weighted by Gasteiger charge is 2.12. The van der Waals surface area contributed by atoms with Crippen molar-refractivity contribution in [2.75, 3.05) is 5.32 Å². The minimum Gasteiger partial charge on any atom is -0.331 e. The van der Waals surface area contributed by atoms with Gasteiger partial charge in [0.05, 0.1) is 11.7 Å². The van der Waals surface area contributed by atoms with Crippen molar-refractivity contribution in [2.45, 2.75) is 13.0 Å². The predicted octanol–water partition coefficient (Wildman–Crippen LogP) is 3.11. The highest BCUT2D eigenvalue weighted by atomic mass is 16.6. The Kier molecular flexibility index (Phi) is 3.51. The number of carbonyl (C=O) groups excluding carboxylic acids is 1. The van der Waals surface area contributed by atoms with Crippen LogP contribution in [-0.2, 0) is 0 Å². The Bertz CT molecular complexity index is 754. The zero-order valence-electron chi connectivity index (χ0n) is 11.4. The number of anilines is 1. The smallest absolute Gasteiger partial charge is 0.319 e. The summed E-state index contributed by atoms with van der Waals surface area (Å²) in [7, 11) is 0. The van der Waals surface area contributed by atoms with E-state index in [1.54, 1.807) is 18.2 Å². The Morgan fingerprint density at radius 2 is 1.90 bits per heavy atom. The molecule has 3 aromatic rings. The molecule has 106 valence electrons. The second kappa shape index (κ2) is 5.62. The van der Waals surface area contributed by atoms with Gasteiger partial charge in [0.15, 0.2) is 5.52 Å². The van der Waals surface area contributed by atoms with E-state index in [1.165, 1.54) is 0 Å². The molecule has 1 heterocycles. The van der Waals surface area contributed by atoms with Gasteiger partial charge in [0, 0.05) is 0 Å². The Labute approximate surface area is 121 Å². The van der Waals surface area contributed by atoms with Crippen LogP contribution in [-0.4, -0.2) is 16.3 Å². The molecule has 1 unspecified atom stereocenters. The first kappa shape index (κ1) is 13.1. The minimum absolute atomic E-state index is 0.0964. The fourth-order valence-electron chi connectivity index (χ4n) is 2.09. The number of benzene rings is 2. The van der Waals surface area contributed by atoms with E-state index in [2.05, 4.69) is 25.6 Å². The molecule has 0 aliphatic rings. The first-order valence-electron chi connectivity index (χ1n) is 6.58. The SMILES string of the molecule is CC(NC(=O)Nc1cccc2nonc12)c1ccccc1. The van der Waals surface area contributed by atoms with Gasteiger partial charge < -0.3 is 10.6 Å². The maximum atomic E-state index is 12.1. The second-order valence-electron chi connectivity index (χ2n) is 4.67. The summed E-state index contributed by atoms with van der Waals surface area (Å²) >= 11 is 0. The molecule has 0 fully saturated rings. The van der Waals surface area contributed by atoms with Crippen molar-refractivity contribution in [1.82, 2.24) is 15.6 Å². The fraction of sp³-hybridized carbons (Fsp3) is 0.133. The van der Waals surface area contributed by atoms with Crippen molar-refractivity contribution < 1.29 is 9.42 Å². The van der Waals surface area contributed by atoms with Crippen LogP contribution in [0.1, 0.15) is 18.5 Å². The van der Waals surface area contributed by atoms with Crippen LogP contribution in [0.2, 0.25) is 0 Å². The monoisotopic (exact) mass is 282 g/mol. The molecule has 3 rings (SSSR count). The standard InChI is InChI=1S/C15H14N4O2/c1-10(11-6-3-2-4-7-11)16-15(20)17-12-8-5-9-13-14(12)19-21-18-13/h2-10H,1H3,(H2,16,17,20). The van der Waals surface area contributed by atoms with Crippen molar-refractivity contribution in [3.05, 3.63) is 54.1 Å². The average Bonchev–Trinajstić information content (AvgIpc) is 2.97. The Morgan fingerprint density at radius 1 is 1.10 bits per heavy atom. The first-order valence-corrected chi connectivity index (χ1v) is 6.58. The summed E-state index contributed by atoms with van der Waals surface area (Å²) in [4.78, 5) is 12.1. The summed E-state index contributed by atoms with van der Waals surface area (Å²) < 4.78 is 4.67. The van der Waals surface area contributed by atoms with Gasteiger partial charge in [0.25, 0.3) is 0 Å².